The zero-order chi connectivity index (χ0) is 12.0. The van der Waals surface area contributed by atoms with Gasteiger partial charge in [-0.1, -0.05) is 20.8 Å². The second-order valence-corrected chi connectivity index (χ2v) is 5.22. The summed E-state index contributed by atoms with van der Waals surface area (Å²) in [5.41, 5.74) is 1.46. The predicted octanol–water partition coefficient (Wildman–Crippen LogP) is 2.38. The lowest BCUT2D eigenvalue weighted by atomic mass is 9.92. The molecule has 0 amide bonds. The summed E-state index contributed by atoms with van der Waals surface area (Å²) in [5, 5.41) is 7.62. The van der Waals surface area contributed by atoms with Crippen molar-refractivity contribution in [3.8, 4) is 0 Å². The average Bonchev–Trinajstić information content (AvgIpc) is 2.61. The van der Waals surface area contributed by atoms with Gasteiger partial charge in [0.05, 0.1) is 25.0 Å². The summed E-state index contributed by atoms with van der Waals surface area (Å²) < 4.78 is 6.89. The summed E-state index contributed by atoms with van der Waals surface area (Å²) in [6.07, 6.45) is 5.02. The highest BCUT2D eigenvalue weighted by atomic mass is 16.5. The highest BCUT2D eigenvalue weighted by Gasteiger charge is 2.09. The van der Waals surface area contributed by atoms with Crippen LogP contribution in [0.25, 0.3) is 0 Å². The molecular formula is C12H23N3O. The van der Waals surface area contributed by atoms with Gasteiger partial charge in [0.15, 0.2) is 0 Å². The fraction of sp³-hybridized carbons (Fsp3) is 0.750. The van der Waals surface area contributed by atoms with Crippen LogP contribution in [0.2, 0.25) is 0 Å². The van der Waals surface area contributed by atoms with E-state index in [-0.39, 0.29) is 0 Å². The van der Waals surface area contributed by atoms with Crippen molar-refractivity contribution in [1.82, 2.24) is 9.78 Å². The summed E-state index contributed by atoms with van der Waals surface area (Å²) in [6.45, 7) is 9.23. The Kier molecular flexibility index (Phi) is 4.80. The average molecular weight is 225 g/mol. The standard InChI is InChI=1S/C12H23N3O/c1-12(2,3)5-6-13-11-9-14-15(10-11)7-8-16-4/h9-10,13H,5-8H2,1-4H3. The monoisotopic (exact) mass is 225 g/mol. The molecule has 0 aliphatic heterocycles. The van der Waals surface area contributed by atoms with Crippen molar-refractivity contribution in [3.63, 3.8) is 0 Å². The van der Waals surface area contributed by atoms with Gasteiger partial charge in [-0.15, -0.1) is 0 Å². The van der Waals surface area contributed by atoms with Crippen molar-refractivity contribution < 1.29 is 4.74 Å². The third-order valence-electron chi connectivity index (χ3n) is 2.36. The van der Waals surface area contributed by atoms with E-state index in [1.54, 1.807) is 7.11 Å². The van der Waals surface area contributed by atoms with Crippen LogP contribution in [0.1, 0.15) is 27.2 Å². The van der Waals surface area contributed by atoms with Gasteiger partial charge in [-0.25, -0.2) is 0 Å². The van der Waals surface area contributed by atoms with Crippen molar-refractivity contribution >= 4 is 5.69 Å². The molecule has 0 saturated heterocycles. The second-order valence-electron chi connectivity index (χ2n) is 5.22. The highest BCUT2D eigenvalue weighted by molar-refractivity contribution is 5.37. The Morgan fingerprint density at radius 3 is 2.81 bits per heavy atom. The van der Waals surface area contributed by atoms with Gasteiger partial charge >= 0.3 is 0 Å². The molecule has 0 bridgehead atoms. The smallest absolute Gasteiger partial charge is 0.0726 e. The predicted molar refractivity (Wildman–Crippen MR) is 66.7 cm³/mol. The van der Waals surface area contributed by atoms with Crippen LogP contribution in [0, 0.1) is 5.41 Å². The Morgan fingerprint density at radius 1 is 1.44 bits per heavy atom. The Labute approximate surface area is 98.0 Å². The molecule has 4 nitrogen and oxygen atoms in total. The van der Waals surface area contributed by atoms with Gasteiger partial charge < -0.3 is 10.1 Å². The number of aromatic nitrogens is 2. The van der Waals surface area contributed by atoms with Crippen LogP contribution in [0.15, 0.2) is 12.4 Å². The largest absolute Gasteiger partial charge is 0.383 e. The quantitative estimate of drug-likeness (QED) is 0.808. The SMILES string of the molecule is COCCn1cc(NCCC(C)(C)C)cn1. The van der Waals surface area contributed by atoms with E-state index < -0.39 is 0 Å². The van der Waals surface area contributed by atoms with Gasteiger partial charge in [0.25, 0.3) is 0 Å². The van der Waals surface area contributed by atoms with Crippen molar-refractivity contribution in [3.05, 3.63) is 12.4 Å². The topological polar surface area (TPSA) is 39.1 Å². The van der Waals surface area contributed by atoms with Gasteiger partial charge in [-0.2, -0.15) is 5.10 Å². The third kappa shape index (κ3) is 5.16. The molecule has 0 aromatic carbocycles. The van der Waals surface area contributed by atoms with Crippen LogP contribution in [0.3, 0.4) is 0 Å². The normalized spacial score (nSPS) is 11.8. The van der Waals surface area contributed by atoms with E-state index in [0.717, 1.165) is 25.2 Å². The van der Waals surface area contributed by atoms with E-state index in [9.17, 15) is 0 Å². The molecule has 0 atom stereocenters. The van der Waals surface area contributed by atoms with Crippen LogP contribution in [-0.4, -0.2) is 30.0 Å². The van der Waals surface area contributed by atoms with Gasteiger partial charge in [0.2, 0.25) is 0 Å². The minimum Gasteiger partial charge on any atom is -0.383 e. The van der Waals surface area contributed by atoms with Crippen LogP contribution in [0.5, 0.6) is 0 Å². The van der Waals surface area contributed by atoms with E-state index in [4.69, 9.17) is 4.74 Å². The Balaban J connectivity index is 2.29. The van der Waals surface area contributed by atoms with E-state index >= 15 is 0 Å². The summed E-state index contributed by atoms with van der Waals surface area (Å²) in [7, 11) is 1.70. The van der Waals surface area contributed by atoms with Crippen molar-refractivity contribution in [2.45, 2.75) is 33.7 Å². The summed E-state index contributed by atoms with van der Waals surface area (Å²) in [5.74, 6) is 0. The lowest BCUT2D eigenvalue weighted by Crippen LogP contribution is -2.12. The Bertz CT molecular complexity index is 301. The lowest BCUT2D eigenvalue weighted by molar-refractivity contribution is 0.183. The van der Waals surface area contributed by atoms with E-state index in [1.807, 2.05) is 17.1 Å². The Morgan fingerprint density at radius 2 is 2.19 bits per heavy atom. The second kappa shape index (κ2) is 5.89. The molecule has 1 aromatic rings. The molecule has 0 aliphatic carbocycles. The first-order chi connectivity index (χ1) is 7.51. The minimum atomic E-state index is 0.374. The van der Waals surface area contributed by atoms with Gasteiger partial charge in [-0.3, -0.25) is 4.68 Å². The number of anilines is 1. The van der Waals surface area contributed by atoms with Gasteiger partial charge in [0, 0.05) is 19.9 Å². The van der Waals surface area contributed by atoms with Crippen molar-refractivity contribution in [2.24, 2.45) is 5.41 Å². The highest BCUT2D eigenvalue weighted by Crippen LogP contribution is 2.18. The van der Waals surface area contributed by atoms with Gasteiger partial charge in [-0.05, 0) is 11.8 Å². The Hall–Kier alpha value is -1.03. The molecule has 4 heteroatoms. The first-order valence-corrected chi connectivity index (χ1v) is 5.76. The summed E-state index contributed by atoms with van der Waals surface area (Å²) in [6, 6.07) is 0. The van der Waals surface area contributed by atoms with E-state index in [2.05, 4.69) is 31.2 Å². The maximum atomic E-state index is 5.00. The number of nitrogens with one attached hydrogen (secondary N) is 1. The van der Waals surface area contributed by atoms with Crippen LogP contribution in [-0.2, 0) is 11.3 Å². The number of rotatable bonds is 6. The number of hydrogen-bond acceptors (Lipinski definition) is 3. The molecule has 0 aliphatic rings. The van der Waals surface area contributed by atoms with Crippen LogP contribution >= 0.6 is 0 Å². The first-order valence-electron chi connectivity index (χ1n) is 5.76. The molecule has 1 aromatic heterocycles. The minimum absolute atomic E-state index is 0.374. The number of hydrogen-bond donors (Lipinski definition) is 1. The van der Waals surface area contributed by atoms with Crippen molar-refractivity contribution in [1.29, 1.82) is 0 Å². The zero-order valence-electron chi connectivity index (χ0n) is 10.8. The van der Waals surface area contributed by atoms with E-state index in [1.165, 1.54) is 0 Å². The molecule has 16 heavy (non-hydrogen) atoms. The molecule has 92 valence electrons. The lowest BCUT2D eigenvalue weighted by Gasteiger charge is -2.17. The third-order valence-corrected chi connectivity index (χ3v) is 2.36. The molecule has 0 spiro atoms. The molecule has 1 rings (SSSR count). The van der Waals surface area contributed by atoms with Crippen molar-refractivity contribution in [2.75, 3.05) is 25.6 Å². The number of methoxy groups -OCH3 is 1. The molecule has 0 saturated carbocycles. The first kappa shape index (κ1) is 13.0. The van der Waals surface area contributed by atoms with Gasteiger partial charge in [0.1, 0.15) is 0 Å². The molecule has 1 N–H and O–H groups in total. The molecule has 0 unspecified atom stereocenters. The zero-order valence-corrected chi connectivity index (χ0v) is 10.8. The fourth-order valence-corrected chi connectivity index (χ4v) is 1.34. The van der Waals surface area contributed by atoms with Crippen LogP contribution < -0.4 is 5.32 Å². The maximum Gasteiger partial charge on any atom is 0.0726 e. The number of ether oxygens (including phenoxy) is 1. The molecular weight excluding hydrogens is 202 g/mol. The van der Waals surface area contributed by atoms with Crippen LogP contribution in [0.4, 0.5) is 5.69 Å². The molecule has 0 fully saturated rings. The fourth-order valence-electron chi connectivity index (χ4n) is 1.34. The number of nitrogens with zero attached hydrogens (tertiary/aromatic N) is 2. The molecule has 1 heterocycles. The van der Waals surface area contributed by atoms with E-state index in [0.29, 0.717) is 12.0 Å². The molecule has 0 radical (unpaired) electrons. The summed E-state index contributed by atoms with van der Waals surface area (Å²) in [4.78, 5) is 0. The summed E-state index contributed by atoms with van der Waals surface area (Å²) >= 11 is 0. The maximum absolute atomic E-state index is 5.00.